The minimum absolute atomic E-state index is 0.0621. The molecule has 0 aliphatic rings. The van der Waals surface area contributed by atoms with Gasteiger partial charge in [0.25, 0.3) is 0 Å². The van der Waals surface area contributed by atoms with E-state index in [1.165, 1.54) is 0 Å². The first-order chi connectivity index (χ1) is 14.2. The van der Waals surface area contributed by atoms with Crippen LogP contribution >= 0.6 is 27.7 Å². The highest BCUT2D eigenvalue weighted by Crippen LogP contribution is 2.40. The lowest BCUT2D eigenvalue weighted by Gasteiger charge is -2.15. The van der Waals surface area contributed by atoms with Gasteiger partial charge in [0.15, 0.2) is 0 Å². The number of carboxylic acid groups (broad SMARTS) is 1. The summed E-state index contributed by atoms with van der Waals surface area (Å²) in [5.41, 5.74) is -0.751. The summed E-state index contributed by atoms with van der Waals surface area (Å²) in [5, 5.41) is 18.4. The zero-order valence-corrected chi connectivity index (χ0v) is 17.5. The summed E-state index contributed by atoms with van der Waals surface area (Å²) in [6.45, 7) is 0. The van der Waals surface area contributed by atoms with Crippen molar-refractivity contribution in [3.8, 4) is 17.3 Å². The SMILES string of the molecule is N#Cc1c(C(F)(F)F)cc(-c2ccc(Br)cc2)nc1Sc1ccccc1CC(=O)O. The topological polar surface area (TPSA) is 74.0 Å². The van der Waals surface area contributed by atoms with Gasteiger partial charge in [0.2, 0.25) is 0 Å². The molecule has 0 aliphatic heterocycles. The number of hydrogen-bond donors (Lipinski definition) is 1. The first-order valence-electron chi connectivity index (χ1n) is 8.45. The Labute approximate surface area is 182 Å². The largest absolute Gasteiger partial charge is 0.481 e. The van der Waals surface area contributed by atoms with Gasteiger partial charge in [-0.2, -0.15) is 18.4 Å². The Hall–Kier alpha value is -2.83. The fraction of sp³-hybridized carbons (Fsp3) is 0.0952. The molecule has 1 heterocycles. The number of halogens is 4. The molecule has 0 bridgehead atoms. The van der Waals surface area contributed by atoms with Crippen molar-refractivity contribution in [2.24, 2.45) is 0 Å². The van der Waals surface area contributed by atoms with E-state index in [9.17, 15) is 23.2 Å². The molecule has 0 unspecified atom stereocenters. The number of aromatic nitrogens is 1. The minimum atomic E-state index is -4.76. The molecule has 0 atom stereocenters. The molecule has 0 radical (unpaired) electrons. The third-order valence-corrected chi connectivity index (χ3v) is 5.70. The Balaban J connectivity index is 2.18. The van der Waals surface area contributed by atoms with Crippen molar-refractivity contribution in [2.75, 3.05) is 0 Å². The maximum Gasteiger partial charge on any atom is 0.417 e. The molecule has 2 aromatic carbocycles. The Morgan fingerprint density at radius 1 is 1.17 bits per heavy atom. The fourth-order valence-electron chi connectivity index (χ4n) is 2.71. The van der Waals surface area contributed by atoms with Gasteiger partial charge >= 0.3 is 12.1 Å². The van der Waals surface area contributed by atoms with Crippen LogP contribution in [0.25, 0.3) is 11.3 Å². The van der Waals surface area contributed by atoms with E-state index in [0.717, 1.165) is 22.3 Å². The summed E-state index contributed by atoms with van der Waals surface area (Å²) in [4.78, 5) is 15.9. The molecule has 30 heavy (non-hydrogen) atoms. The van der Waals surface area contributed by atoms with Gasteiger partial charge in [-0.3, -0.25) is 4.79 Å². The second kappa shape index (κ2) is 8.90. The average molecular weight is 493 g/mol. The molecule has 152 valence electrons. The molecule has 9 heteroatoms. The van der Waals surface area contributed by atoms with Crippen molar-refractivity contribution >= 4 is 33.7 Å². The van der Waals surface area contributed by atoms with E-state index in [2.05, 4.69) is 20.9 Å². The number of nitriles is 1. The van der Waals surface area contributed by atoms with Gasteiger partial charge in [-0.05, 0) is 29.8 Å². The Morgan fingerprint density at radius 3 is 2.43 bits per heavy atom. The zero-order chi connectivity index (χ0) is 21.9. The molecule has 0 saturated carbocycles. The maximum atomic E-state index is 13.7. The number of carboxylic acids is 1. The van der Waals surface area contributed by atoms with Crippen LogP contribution in [0.15, 0.2) is 69.0 Å². The first kappa shape index (κ1) is 21.9. The molecule has 3 rings (SSSR count). The highest BCUT2D eigenvalue weighted by atomic mass is 79.9. The number of carbonyl (C=O) groups is 1. The predicted molar refractivity (Wildman–Crippen MR) is 109 cm³/mol. The van der Waals surface area contributed by atoms with Crippen LogP contribution in [0.4, 0.5) is 13.2 Å². The summed E-state index contributed by atoms with van der Waals surface area (Å²) in [5.74, 6) is -1.07. The van der Waals surface area contributed by atoms with E-state index in [0.29, 0.717) is 16.0 Å². The van der Waals surface area contributed by atoms with Crippen LogP contribution in [0.3, 0.4) is 0 Å². The monoisotopic (exact) mass is 492 g/mol. The molecule has 0 aliphatic carbocycles. The third-order valence-electron chi connectivity index (χ3n) is 4.06. The molecule has 0 spiro atoms. The molecular formula is C21H12BrF3N2O2S. The summed E-state index contributed by atoms with van der Waals surface area (Å²) >= 11 is 4.12. The standard InChI is InChI=1S/C21H12BrF3N2O2S/c22-14-7-5-12(6-8-14)17-10-16(21(23,24)25)15(11-26)20(27-17)30-18-4-2-1-3-13(18)9-19(28)29/h1-8,10H,9H2,(H,28,29). The van der Waals surface area contributed by atoms with Gasteiger partial charge < -0.3 is 5.11 Å². The molecule has 1 aromatic heterocycles. The van der Waals surface area contributed by atoms with Crippen LogP contribution in [0.1, 0.15) is 16.7 Å². The minimum Gasteiger partial charge on any atom is -0.481 e. The lowest BCUT2D eigenvalue weighted by molar-refractivity contribution is -0.138. The quantitative estimate of drug-likeness (QED) is 0.460. The van der Waals surface area contributed by atoms with Crippen LogP contribution in [0.5, 0.6) is 0 Å². The zero-order valence-electron chi connectivity index (χ0n) is 15.1. The molecule has 0 fully saturated rings. The normalized spacial score (nSPS) is 11.2. The summed E-state index contributed by atoms with van der Waals surface area (Å²) in [6, 6.07) is 15.5. The Kier molecular flexibility index (Phi) is 6.48. The van der Waals surface area contributed by atoms with E-state index in [4.69, 9.17) is 5.11 Å². The van der Waals surface area contributed by atoms with Gasteiger partial charge in [-0.1, -0.05) is 58.0 Å². The Bertz CT molecular complexity index is 1140. The van der Waals surface area contributed by atoms with E-state index >= 15 is 0 Å². The highest BCUT2D eigenvalue weighted by Gasteiger charge is 2.36. The number of benzene rings is 2. The van der Waals surface area contributed by atoms with Gasteiger partial charge in [0.05, 0.1) is 23.2 Å². The van der Waals surface area contributed by atoms with Crippen LogP contribution < -0.4 is 0 Å². The van der Waals surface area contributed by atoms with E-state index < -0.39 is 23.3 Å². The smallest absolute Gasteiger partial charge is 0.417 e. The summed E-state index contributed by atoms with van der Waals surface area (Å²) < 4.78 is 41.8. The lowest BCUT2D eigenvalue weighted by Crippen LogP contribution is -2.10. The molecular weight excluding hydrogens is 481 g/mol. The lowest BCUT2D eigenvalue weighted by atomic mass is 10.1. The summed E-state index contributed by atoms with van der Waals surface area (Å²) in [6.07, 6.45) is -5.06. The Morgan fingerprint density at radius 2 is 1.83 bits per heavy atom. The third kappa shape index (κ3) is 5.01. The van der Waals surface area contributed by atoms with E-state index in [-0.39, 0.29) is 17.1 Å². The first-order valence-corrected chi connectivity index (χ1v) is 10.1. The van der Waals surface area contributed by atoms with Crippen molar-refractivity contribution in [3.05, 3.63) is 75.8 Å². The van der Waals surface area contributed by atoms with Crippen LogP contribution in [0.2, 0.25) is 0 Å². The molecule has 0 saturated heterocycles. The number of aliphatic carboxylic acids is 1. The summed E-state index contributed by atoms with van der Waals surface area (Å²) in [7, 11) is 0. The molecule has 3 aromatic rings. The van der Waals surface area contributed by atoms with Crippen LogP contribution in [-0.2, 0) is 17.4 Å². The second-order valence-corrected chi connectivity index (χ2v) is 8.08. The van der Waals surface area contributed by atoms with Crippen LogP contribution in [-0.4, -0.2) is 16.1 Å². The molecule has 0 amide bonds. The van der Waals surface area contributed by atoms with Crippen molar-refractivity contribution in [3.63, 3.8) is 0 Å². The van der Waals surface area contributed by atoms with Crippen molar-refractivity contribution in [1.82, 2.24) is 4.98 Å². The number of nitrogens with zero attached hydrogens (tertiary/aromatic N) is 2. The van der Waals surface area contributed by atoms with Crippen LogP contribution in [0, 0.1) is 11.3 Å². The van der Waals surface area contributed by atoms with E-state index in [1.807, 2.05) is 0 Å². The number of hydrogen-bond acceptors (Lipinski definition) is 4. The van der Waals surface area contributed by atoms with Crippen molar-refractivity contribution in [1.29, 1.82) is 5.26 Å². The van der Waals surface area contributed by atoms with Gasteiger partial charge in [-0.15, -0.1) is 0 Å². The van der Waals surface area contributed by atoms with Gasteiger partial charge in [0, 0.05) is 14.9 Å². The van der Waals surface area contributed by atoms with Crippen molar-refractivity contribution < 1.29 is 23.1 Å². The average Bonchev–Trinajstić information content (AvgIpc) is 2.68. The number of rotatable bonds is 5. The number of pyridine rings is 1. The second-order valence-electron chi connectivity index (χ2n) is 6.13. The number of alkyl halides is 3. The predicted octanol–water partition coefficient (Wildman–Crippen LogP) is 6.18. The fourth-order valence-corrected chi connectivity index (χ4v) is 4.00. The highest BCUT2D eigenvalue weighted by molar-refractivity contribution is 9.10. The molecule has 1 N–H and O–H groups in total. The van der Waals surface area contributed by atoms with E-state index in [1.54, 1.807) is 54.6 Å². The maximum absolute atomic E-state index is 13.7. The van der Waals surface area contributed by atoms with Crippen molar-refractivity contribution in [2.45, 2.75) is 22.5 Å². The molecule has 4 nitrogen and oxygen atoms in total. The van der Waals surface area contributed by atoms with Gasteiger partial charge in [-0.25, -0.2) is 4.98 Å². The van der Waals surface area contributed by atoms with Gasteiger partial charge in [0.1, 0.15) is 11.1 Å².